The fraction of sp³-hybridized carbons (Fsp3) is 0.143. The molecule has 19 heavy (non-hydrogen) atoms. The summed E-state index contributed by atoms with van der Waals surface area (Å²) < 4.78 is 0. The molecule has 0 saturated heterocycles. The summed E-state index contributed by atoms with van der Waals surface area (Å²) in [5.74, 6) is 0.978. The number of benzene rings is 1. The smallest absolute Gasteiger partial charge is 0.136 e. The van der Waals surface area contributed by atoms with Crippen molar-refractivity contribution < 1.29 is 5.11 Å². The molecule has 1 heterocycles. The quantitative estimate of drug-likeness (QED) is 0.728. The van der Waals surface area contributed by atoms with E-state index in [1.165, 1.54) is 0 Å². The van der Waals surface area contributed by atoms with Crippen molar-refractivity contribution in [2.45, 2.75) is 6.42 Å². The first-order valence-corrected chi connectivity index (χ1v) is 6.34. The molecule has 0 bridgehead atoms. The summed E-state index contributed by atoms with van der Waals surface area (Å²) in [4.78, 5) is 4.56. The maximum atomic E-state index is 9.20. The van der Waals surface area contributed by atoms with E-state index < -0.39 is 0 Å². The van der Waals surface area contributed by atoms with E-state index in [9.17, 15) is 5.11 Å². The van der Waals surface area contributed by atoms with Crippen molar-refractivity contribution in [2.75, 3.05) is 11.9 Å². The molecule has 4 N–H and O–H groups in total. The molecule has 1 aromatic carbocycles. The monoisotopic (exact) mass is 273 g/mol. The molecule has 5 heteroatoms. The summed E-state index contributed by atoms with van der Waals surface area (Å²) >= 11 is 4.98. The Hall–Kier alpha value is -2.14. The zero-order chi connectivity index (χ0) is 13.7. The number of rotatable bonds is 5. The molecule has 4 nitrogen and oxygen atoms in total. The van der Waals surface area contributed by atoms with Gasteiger partial charge in [0, 0.05) is 12.7 Å². The molecule has 0 aliphatic heterocycles. The highest BCUT2D eigenvalue weighted by atomic mass is 32.1. The Balaban J connectivity index is 1.96. The van der Waals surface area contributed by atoms with Crippen LogP contribution in [0.2, 0.25) is 0 Å². The number of aromatic nitrogens is 1. The van der Waals surface area contributed by atoms with Gasteiger partial charge in [0.15, 0.2) is 0 Å². The Labute approximate surface area is 117 Å². The number of hydrogen-bond acceptors (Lipinski definition) is 4. The van der Waals surface area contributed by atoms with Crippen LogP contribution in [0.3, 0.4) is 0 Å². The minimum absolute atomic E-state index is 0.275. The number of nitrogens with zero attached hydrogens (tertiary/aromatic N) is 1. The van der Waals surface area contributed by atoms with Gasteiger partial charge in [-0.3, -0.25) is 0 Å². The first-order chi connectivity index (χ1) is 9.16. The van der Waals surface area contributed by atoms with Gasteiger partial charge in [0.2, 0.25) is 0 Å². The van der Waals surface area contributed by atoms with Crippen molar-refractivity contribution in [1.82, 2.24) is 4.98 Å². The Morgan fingerprint density at radius 2 is 2.00 bits per heavy atom. The fourth-order valence-corrected chi connectivity index (χ4v) is 1.90. The Morgan fingerprint density at radius 3 is 2.68 bits per heavy atom. The number of phenolic OH excluding ortho intramolecular Hbond substituents is 1. The van der Waals surface area contributed by atoms with Crippen LogP contribution < -0.4 is 11.1 Å². The molecule has 2 aromatic rings. The maximum absolute atomic E-state index is 9.20. The predicted octanol–water partition coefficient (Wildman–Crippen LogP) is 2.08. The van der Waals surface area contributed by atoms with Crippen molar-refractivity contribution in [3.8, 4) is 5.75 Å². The standard InChI is InChI=1S/C14H15N3OS/c15-13(19)12-2-1-8-16-14(12)17-9-7-10-3-5-11(18)6-4-10/h1-6,8,18H,7,9H2,(H2,15,19)(H,16,17). The van der Waals surface area contributed by atoms with Crippen LogP contribution in [-0.4, -0.2) is 21.6 Å². The third-order valence-corrected chi connectivity index (χ3v) is 2.94. The van der Waals surface area contributed by atoms with Crippen LogP contribution in [0, 0.1) is 0 Å². The molecule has 0 aliphatic carbocycles. The normalized spacial score (nSPS) is 10.1. The number of pyridine rings is 1. The lowest BCUT2D eigenvalue weighted by Crippen LogP contribution is -2.15. The maximum Gasteiger partial charge on any atom is 0.136 e. The molecule has 0 amide bonds. The summed E-state index contributed by atoms with van der Waals surface area (Å²) in [6.45, 7) is 0.720. The number of hydrogen-bond donors (Lipinski definition) is 3. The lowest BCUT2D eigenvalue weighted by molar-refractivity contribution is 0.475. The van der Waals surface area contributed by atoms with Gasteiger partial charge in [0.1, 0.15) is 16.6 Å². The molecule has 98 valence electrons. The SMILES string of the molecule is NC(=S)c1cccnc1NCCc1ccc(O)cc1. The minimum Gasteiger partial charge on any atom is -0.508 e. The number of nitrogens with two attached hydrogens (primary N) is 1. The summed E-state index contributed by atoms with van der Waals surface area (Å²) in [5.41, 5.74) is 7.53. The molecular weight excluding hydrogens is 258 g/mol. The van der Waals surface area contributed by atoms with Crippen LogP contribution in [-0.2, 0) is 6.42 Å². The zero-order valence-corrected chi connectivity index (χ0v) is 11.2. The lowest BCUT2D eigenvalue weighted by Gasteiger charge is -2.09. The molecule has 0 saturated carbocycles. The van der Waals surface area contributed by atoms with Gasteiger partial charge >= 0.3 is 0 Å². The van der Waals surface area contributed by atoms with Crippen molar-refractivity contribution in [1.29, 1.82) is 0 Å². The Kier molecular flexibility index (Phi) is 4.30. The van der Waals surface area contributed by atoms with Crippen LogP contribution in [0.15, 0.2) is 42.6 Å². The Bertz CT molecular complexity index is 569. The number of nitrogens with one attached hydrogen (secondary N) is 1. The van der Waals surface area contributed by atoms with E-state index in [1.807, 2.05) is 18.2 Å². The molecule has 0 radical (unpaired) electrons. The van der Waals surface area contributed by atoms with Crippen LogP contribution in [0.4, 0.5) is 5.82 Å². The first-order valence-electron chi connectivity index (χ1n) is 5.93. The van der Waals surface area contributed by atoms with E-state index in [2.05, 4.69) is 10.3 Å². The van der Waals surface area contributed by atoms with Gasteiger partial charge in [-0.15, -0.1) is 0 Å². The summed E-state index contributed by atoms with van der Waals surface area (Å²) in [6.07, 6.45) is 2.53. The molecule has 2 rings (SSSR count). The molecule has 0 spiro atoms. The predicted molar refractivity (Wildman–Crippen MR) is 80.4 cm³/mol. The molecule has 1 aromatic heterocycles. The fourth-order valence-electron chi connectivity index (χ4n) is 1.73. The van der Waals surface area contributed by atoms with E-state index >= 15 is 0 Å². The van der Waals surface area contributed by atoms with Gasteiger partial charge < -0.3 is 16.2 Å². The van der Waals surface area contributed by atoms with Gasteiger partial charge in [-0.25, -0.2) is 4.98 Å². The second kappa shape index (κ2) is 6.15. The molecule has 0 fully saturated rings. The molecule has 0 aliphatic rings. The molecule has 0 unspecified atom stereocenters. The summed E-state index contributed by atoms with van der Waals surface area (Å²) in [6, 6.07) is 10.8. The highest BCUT2D eigenvalue weighted by Crippen LogP contribution is 2.13. The number of anilines is 1. The van der Waals surface area contributed by atoms with E-state index in [-0.39, 0.29) is 5.75 Å². The third-order valence-electron chi connectivity index (χ3n) is 2.72. The van der Waals surface area contributed by atoms with Crippen molar-refractivity contribution >= 4 is 23.0 Å². The molecular formula is C14H15N3OS. The number of phenols is 1. The first kappa shape index (κ1) is 13.3. The van der Waals surface area contributed by atoms with Crippen LogP contribution in [0.5, 0.6) is 5.75 Å². The van der Waals surface area contributed by atoms with Crippen molar-refractivity contribution in [3.63, 3.8) is 0 Å². The van der Waals surface area contributed by atoms with Crippen LogP contribution >= 0.6 is 12.2 Å². The van der Waals surface area contributed by atoms with Crippen molar-refractivity contribution in [3.05, 3.63) is 53.7 Å². The van der Waals surface area contributed by atoms with E-state index in [0.717, 1.165) is 24.1 Å². The van der Waals surface area contributed by atoms with Gasteiger partial charge in [0.05, 0.1) is 5.56 Å². The van der Waals surface area contributed by atoms with Crippen molar-refractivity contribution in [2.24, 2.45) is 5.73 Å². The van der Waals surface area contributed by atoms with E-state index in [1.54, 1.807) is 24.4 Å². The van der Waals surface area contributed by atoms with Gasteiger partial charge in [-0.05, 0) is 36.2 Å². The third kappa shape index (κ3) is 3.66. The average Bonchev–Trinajstić information content (AvgIpc) is 2.41. The van der Waals surface area contributed by atoms with E-state index in [0.29, 0.717) is 10.8 Å². The average molecular weight is 273 g/mol. The number of thiocarbonyl (C=S) groups is 1. The van der Waals surface area contributed by atoms with Crippen LogP contribution in [0.25, 0.3) is 0 Å². The lowest BCUT2D eigenvalue weighted by atomic mass is 10.1. The highest BCUT2D eigenvalue weighted by Gasteiger charge is 2.04. The minimum atomic E-state index is 0.275. The van der Waals surface area contributed by atoms with Gasteiger partial charge in [0.25, 0.3) is 0 Å². The van der Waals surface area contributed by atoms with Gasteiger partial charge in [-0.2, -0.15) is 0 Å². The Morgan fingerprint density at radius 1 is 1.26 bits per heavy atom. The summed E-state index contributed by atoms with van der Waals surface area (Å²) in [7, 11) is 0. The second-order valence-electron chi connectivity index (χ2n) is 4.11. The van der Waals surface area contributed by atoms with Crippen LogP contribution in [0.1, 0.15) is 11.1 Å². The highest BCUT2D eigenvalue weighted by molar-refractivity contribution is 7.80. The van der Waals surface area contributed by atoms with E-state index in [4.69, 9.17) is 18.0 Å². The van der Waals surface area contributed by atoms with Gasteiger partial charge in [-0.1, -0.05) is 24.4 Å². The second-order valence-corrected chi connectivity index (χ2v) is 4.55. The largest absolute Gasteiger partial charge is 0.508 e. The summed E-state index contributed by atoms with van der Waals surface area (Å²) in [5, 5.41) is 12.4. The number of aromatic hydroxyl groups is 1. The topological polar surface area (TPSA) is 71.2 Å². The molecule has 0 atom stereocenters. The zero-order valence-electron chi connectivity index (χ0n) is 10.3.